The Hall–Kier alpha value is -1.26. The number of benzene rings is 1. The van der Waals surface area contributed by atoms with Gasteiger partial charge in [-0.05, 0) is 36.5 Å². The maximum absolute atomic E-state index is 12.2. The van der Waals surface area contributed by atoms with E-state index in [0.29, 0.717) is 35.0 Å². The third-order valence-electron chi connectivity index (χ3n) is 3.65. The lowest BCUT2D eigenvalue weighted by atomic mass is 9.92. The van der Waals surface area contributed by atoms with Gasteiger partial charge in [0, 0.05) is 23.1 Å². The molecule has 0 unspecified atom stereocenters. The van der Waals surface area contributed by atoms with Crippen LogP contribution >= 0.6 is 23.2 Å². The monoisotopic (exact) mass is 343 g/mol. The molecule has 0 aliphatic carbocycles. The molecule has 1 aliphatic rings. The first kappa shape index (κ1) is 17.1. The molecular formula is C16H19Cl2NO3. The molecule has 1 heterocycles. The molecule has 120 valence electrons. The van der Waals surface area contributed by atoms with Gasteiger partial charge in [0.1, 0.15) is 0 Å². The van der Waals surface area contributed by atoms with Gasteiger partial charge in [-0.2, -0.15) is 0 Å². The van der Waals surface area contributed by atoms with E-state index in [9.17, 15) is 9.59 Å². The van der Waals surface area contributed by atoms with Crippen molar-refractivity contribution in [3.63, 3.8) is 0 Å². The van der Waals surface area contributed by atoms with Crippen LogP contribution in [0.25, 0.3) is 0 Å². The largest absolute Gasteiger partial charge is 0.452 e. The fourth-order valence-electron chi connectivity index (χ4n) is 2.84. The van der Waals surface area contributed by atoms with Gasteiger partial charge in [-0.1, -0.05) is 37.0 Å². The molecule has 2 rings (SSSR count). The second kappa shape index (κ2) is 7.34. The van der Waals surface area contributed by atoms with Gasteiger partial charge in [0.25, 0.3) is 5.91 Å². The Morgan fingerprint density at radius 1 is 1.14 bits per heavy atom. The van der Waals surface area contributed by atoms with Crippen molar-refractivity contribution in [2.75, 3.05) is 19.7 Å². The second-order valence-electron chi connectivity index (χ2n) is 5.98. The van der Waals surface area contributed by atoms with Crippen LogP contribution in [0.4, 0.5) is 0 Å². The van der Waals surface area contributed by atoms with Crippen molar-refractivity contribution in [1.29, 1.82) is 0 Å². The molecule has 22 heavy (non-hydrogen) atoms. The summed E-state index contributed by atoms with van der Waals surface area (Å²) in [5.74, 6) is 0.168. The van der Waals surface area contributed by atoms with E-state index >= 15 is 0 Å². The predicted octanol–water partition coefficient (Wildman–Crippen LogP) is 3.65. The van der Waals surface area contributed by atoms with Crippen molar-refractivity contribution in [3.8, 4) is 0 Å². The molecule has 6 heteroatoms. The Kier molecular flexibility index (Phi) is 5.70. The normalized spacial score (nSPS) is 21.5. The zero-order valence-electron chi connectivity index (χ0n) is 12.6. The summed E-state index contributed by atoms with van der Waals surface area (Å²) in [5.41, 5.74) is 0.241. The Labute approximate surface area is 140 Å². The molecule has 2 atom stereocenters. The average Bonchev–Trinajstić information content (AvgIpc) is 2.42. The molecule has 1 aliphatic heterocycles. The smallest absolute Gasteiger partial charge is 0.338 e. The number of carbonyl (C=O) groups is 2. The Morgan fingerprint density at radius 2 is 1.68 bits per heavy atom. The van der Waals surface area contributed by atoms with E-state index in [1.807, 2.05) is 0 Å². The standard InChI is InChI=1S/C16H19Cl2NO3/c1-10-3-11(2)8-19(7-10)15(20)9-22-16(21)12-4-13(17)6-14(18)5-12/h4-6,10-11H,3,7-9H2,1-2H3/t10-,11-/m1/s1. The van der Waals surface area contributed by atoms with Crippen molar-refractivity contribution in [3.05, 3.63) is 33.8 Å². The number of hydrogen-bond acceptors (Lipinski definition) is 3. The van der Waals surface area contributed by atoms with Gasteiger partial charge in [-0.3, -0.25) is 4.79 Å². The van der Waals surface area contributed by atoms with Gasteiger partial charge in [0.15, 0.2) is 6.61 Å². The number of piperidine rings is 1. The lowest BCUT2D eigenvalue weighted by Crippen LogP contribution is -2.44. The molecule has 0 radical (unpaired) electrons. The number of carbonyl (C=O) groups excluding carboxylic acids is 2. The van der Waals surface area contributed by atoms with Crippen LogP contribution in [0.5, 0.6) is 0 Å². The van der Waals surface area contributed by atoms with Crippen LogP contribution in [0.3, 0.4) is 0 Å². The number of ether oxygens (including phenoxy) is 1. The highest BCUT2D eigenvalue weighted by atomic mass is 35.5. The van der Waals surface area contributed by atoms with Crippen LogP contribution in [0, 0.1) is 11.8 Å². The quantitative estimate of drug-likeness (QED) is 0.787. The Balaban J connectivity index is 1.91. The summed E-state index contributed by atoms with van der Waals surface area (Å²) in [6.45, 7) is 5.40. The van der Waals surface area contributed by atoms with E-state index in [4.69, 9.17) is 27.9 Å². The number of amides is 1. The fraction of sp³-hybridized carbons (Fsp3) is 0.500. The van der Waals surface area contributed by atoms with E-state index in [1.165, 1.54) is 18.2 Å². The van der Waals surface area contributed by atoms with Crippen LogP contribution in [0.1, 0.15) is 30.6 Å². The molecule has 0 bridgehead atoms. The van der Waals surface area contributed by atoms with Crippen molar-refractivity contribution in [1.82, 2.24) is 4.90 Å². The van der Waals surface area contributed by atoms with Gasteiger partial charge in [0.05, 0.1) is 5.56 Å². The topological polar surface area (TPSA) is 46.6 Å². The van der Waals surface area contributed by atoms with Gasteiger partial charge in [-0.25, -0.2) is 4.79 Å². The molecule has 4 nitrogen and oxygen atoms in total. The van der Waals surface area contributed by atoms with Crippen LogP contribution in [0.2, 0.25) is 10.0 Å². The van der Waals surface area contributed by atoms with E-state index in [1.54, 1.807) is 4.90 Å². The molecule has 0 spiro atoms. The van der Waals surface area contributed by atoms with Crippen molar-refractivity contribution < 1.29 is 14.3 Å². The number of esters is 1. The summed E-state index contributed by atoms with van der Waals surface area (Å²) in [4.78, 5) is 25.9. The fourth-order valence-corrected chi connectivity index (χ4v) is 3.37. The van der Waals surface area contributed by atoms with Gasteiger partial charge in [0.2, 0.25) is 0 Å². The van der Waals surface area contributed by atoms with Gasteiger partial charge >= 0.3 is 5.97 Å². The minimum atomic E-state index is -0.601. The maximum atomic E-state index is 12.2. The van der Waals surface area contributed by atoms with Crippen molar-refractivity contribution >= 4 is 35.1 Å². The first-order valence-electron chi connectivity index (χ1n) is 7.26. The minimum Gasteiger partial charge on any atom is -0.452 e. The SMILES string of the molecule is C[C@@H]1C[C@@H](C)CN(C(=O)COC(=O)c2cc(Cl)cc(Cl)c2)C1. The van der Waals surface area contributed by atoms with E-state index in [2.05, 4.69) is 13.8 Å². The minimum absolute atomic E-state index is 0.167. The molecule has 0 aromatic heterocycles. The Bertz CT molecular complexity index is 546. The van der Waals surface area contributed by atoms with Crippen LogP contribution in [-0.4, -0.2) is 36.5 Å². The summed E-state index contributed by atoms with van der Waals surface area (Å²) in [6.07, 6.45) is 1.12. The molecule has 1 fully saturated rings. The van der Waals surface area contributed by atoms with E-state index in [0.717, 1.165) is 6.42 Å². The molecule has 1 aromatic rings. The first-order chi connectivity index (χ1) is 10.3. The highest BCUT2D eigenvalue weighted by Crippen LogP contribution is 2.22. The number of rotatable bonds is 3. The molecule has 1 saturated heterocycles. The number of halogens is 2. The van der Waals surface area contributed by atoms with Crippen LogP contribution < -0.4 is 0 Å². The zero-order chi connectivity index (χ0) is 16.3. The highest BCUT2D eigenvalue weighted by molar-refractivity contribution is 6.35. The van der Waals surface area contributed by atoms with Crippen LogP contribution in [-0.2, 0) is 9.53 Å². The zero-order valence-corrected chi connectivity index (χ0v) is 14.2. The average molecular weight is 344 g/mol. The number of hydrogen-bond donors (Lipinski definition) is 0. The number of likely N-dealkylation sites (tertiary alicyclic amines) is 1. The Morgan fingerprint density at radius 3 is 2.23 bits per heavy atom. The first-order valence-corrected chi connectivity index (χ1v) is 8.01. The molecular weight excluding hydrogens is 325 g/mol. The predicted molar refractivity (Wildman–Crippen MR) is 86.3 cm³/mol. The van der Waals surface area contributed by atoms with Gasteiger partial charge in [-0.15, -0.1) is 0 Å². The summed E-state index contributed by atoms with van der Waals surface area (Å²) >= 11 is 11.7. The van der Waals surface area contributed by atoms with Crippen molar-refractivity contribution in [2.24, 2.45) is 11.8 Å². The third-order valence-corrected chi connectivity index (χ3v) is 4.08. The number of nitrogens with zero attached hydrogens (tertiary/aromatic N) is 1. The summed E-state index contributed by atoms with van der Waals surface area (Å²) in [7, 11) is 0. The highest BCUT2D eigenvalue weighted by Gasteiger charge is 2.26. The molecule has 1 amide bonds. The lowest BCUT2D eigenvalue weighted by molar-refractivity contribution is -0.137. The van der Waals surface area contributed by atoms with E-state index in [-0.39, 0.29) is 18.1 Å². The van der Waals surface area contributed by atoms with E-state index < -0.39 is 5.97 Å². The van der Waals surface area contributed by atoms with Crippen LogP contribution in [0.15, 0.2) is 18.2 Å². The van der Waals surface area contributed by atoms with Gasteiger partial charge < -0.3 is 9.64 Å². The maximum Gasteiger partial charge on any atom is 0.338 e. The summed E-state index contributed by atoms with van der Waals surface area (Å²) < 4.78 is 5.08. The molecule has 1 aromatic carbocycles. The lowest BCUT2D eigenvalue weighted by Gasteiger charge is -2.34. The molecule has 0 N–H and O–H groups in total. The third kappa shape index (κ3) is 4.62. The summed E-state index contributed by atoms with van der Waals surface area (Å²) in [6, 6.07) is 4.46. The summed E-state index contributed by atoms with van der Waals surface area (Å²) in [5, 5.41) is 0.703. The van der Waals surface area contributed by atoms with Crippen molar-refractivity contribution in [2.45, 2.75) is 20.3 Å². The molecule has 0 saturated carbocycles. The second-order valence-corrected chi connectivity index (χ2v) is 6.85.